The number of benzene rings is 1. The molecule has 1 aromatic rings. The van der Waals surface area contributed by atoms with Crippen LogP contribution in [0.1, 0.15) is 31.7 Å². The van der Waals surface area contributed by atoms with E-state index in [1.165, 1.54) is 6.07 Å². The molecule has 5 heteroatoms. The summed E-state index contributed by atoms with van der Waals surface area (Å²) in [7, 11) is 1.56. The van der Waals surface area contributed by atoms with Gasteiger partial charge in [-0.25, -0.2) is 0 Å². The lowest BCUT2D eigenvalue weighted by Gasteiger charge is -2.39. The molecule has 21 heavy (non-hydrogen) atoms. The summed E-state index contributed by atoms with van der Waals surface area (Å²) in [6.07, 6.45) is 5.39. The van der Waals surface area contributed by atoms with Crippen molar-refractivity contribution in [2.75, 3.05) is 12.4 Å². The number of fused-ring (bicyclic) bond motifs is 3. The van der Waals surface area contributed by atoms with Gasteiger partial charge in [0.25, 0.3) is 5.69 Å². The van der Waals surface area contributed by atoms with Gasteiger partial charge in [0.15, 0.2) is 0 Å². The molecule has 1 N–H and O–H groups in total. The Morgan fingerprint density at radius 3 is 2.81 bits per heavy atom. The number of nitro benzene ring substituents is 1. The standard InChI is InChI=1S/C16H20N2O3/c1-9(2)15-12-6-4-5-11(12)13-7-10(18(19)20)8-14(21-3)16(13)17-15/h4-5,7-9,11-12,15,17H,6H2,1-3H3/t11-,12-,15-/m1/s1. The Morgan fingerprint density at radius 1 is 1.43 bits per heavy atom. The highest BCUT2D eigenvalue weighted by atomic mass is 16.6. The minimum atomic E-state index is -0.356. The van der Waals surface area contributed by atoms with Crippen molar-refractivity contribution in [2.45, 2.75) is 32.2 Å². The van der Waals surface area contributed by atoms with E-state index in [2.05, 4.69) is 31.3 Å². The summed E-state index contributed by atoms with van der Waals surface area (Å²) in [4.78, 5) is 10.8. The number of hydrogen-bond donors (Lipinski definition) is 1. The van der Waals surface area contributed by atoms with E-state index >= 15 is 0 Å². The maximum atomic E-state index is 11.1. The lowest BCUT2D eigenvalue weighted by molar-refractivity contribution is -0.385. The molecule has 1 aliphatic heterocycles. The van der Waals surface area contributed by atoms with E-state index in [0.717, 1.165) is 17.7 Å². The molecule has 0 aromatic heterocycles. The summed E-state index contributed by atoms with van der Waals surface area (Å²) in [5.74, 6) is 1.75. The zero-order valence-electron chi connectivity index (χ0n) is 12.5. The van der Waals surface area contributed by atoms with Gasteiger partial charge in [-0.05, 0) is 23.8 Å². The van der Waals surface area contributed by atoms with Crippen LogP contribution in [0.3, 0.4) is 0 Å². The van der Waals surface area contributed by atoms with Crippen LogP contribution in [-0.2, 0) is 0 Å². The van der Waals surface area contributed by atoms with Gasteiger partial charge in [-0.15, -0.1) is 0 Å². The van der Waals surface area contributed by atoms with E-state index in [9.17, 15) is 10.1 Å². The molecule has 1 aromatic carbocycles. The Morgan fingerprint density at radius 2 is 2.19 bits per heavy atom. The van der Waals surface area contributed by atoms with Crippen molar-refractivity contribution in [3.63, 3.8) is 0 Å². The molecule has 3 atom stereocenters. The van der Waals surface area contributed by atoms with Crippen molar-refractivity contribution in [1.29, 1.82) is 0 Å². The van der Waals surface area contributed by atoms with Crippen molar-refractivity contribution < 1.29 is 9.66 Å². The van der Waals surface area contributed by atoms with Crippen molar-refractivity contribution >= 4 is 11.4 Å². The molecule has 0 amide bonds. The lowest BCUT2D eigenvalue weighted by atomic mass is 9.75. The zero-order valence-corrected chi connectivity index (χ0v) is 12.5. The second-order valence-corrected chi connectivity index (χ2v) is 6.14. The van der Waals surface area contributed by atoms with Crippen molar-refractivity contribution in [1.82, 2.24) is 0 Å². The highest BCUT2D eigenvalue weighted by molar-refractivity contribution is 5.70. The van der Waals surface area contributed by atoms with E-state index < -0.39 is 0 Å². The highest BCUT2D eigenvalue weighted by Crippen LogP contribution is 2.50. The van der Waals surface area contributed by atoms with Crippen LogP contribution in [0.5, 0.6) is 5.75 Å². The monoisotopic (exact) mass is 288 g/mol. The van der Waals surface area contributed by atoms with Crippen LogP contribution in [-0.4, -0.2) is 18.1 Å². The van der Waals surface area contributed by atoms with Crippen LogP contribution in [0.2, 0.25) is 0 Å². The Hall–Kier alpha value is -2.04. The molecular formula is C16H20N2O3. The zero-order chi connectivity index (χ0) is 15.1. The second kappa shape index (κ2) is 5.06. The molecule has 112 valence electrons. The number of methoxy groups -OCH3 is 1. The first-order valence-corrected chi connectivity index (χ1v) is 7.32. The van der Waals surface area contributed by atoms with Gasteiger partial charge in [0.05, 0.1) is 23.8 Å². The Bertz CT molecular complexity index is 610. The average Bonchev–Trinajstić information content (AvgIpc) is 2.94. The Balaban J connectivity index is 2.15. The van der Waals surface area contributed by atoms with Gasteiger partial charge in [-0.1, -0.05) is 26.0 Å². The van der Waals surface area contributed by atoms with Gasteiger partial charge >= 0.3 is 0 Å². The third-order valence-electron chi connectivity index (χ3n) is 4.61. The largest absolute Gasteiger partial charge is 0.494 e. The van der Waals surface area contributed by atoms with Crippen LogP contribution < -0.4 is 10.1 Å². The molecule has 0 bridgehead atoms. The molecule has 0 fully saturated rings. The summed E-state index contributed by atoms with van der Waals surface area (Å²) in [5.41, 5.74) is 1.99. The summed E-state index contributed by atoms with van der Waals surface area (Å²) < 4.78 is 5.39. The summed E-state index contributed by atoms with van der Waals surface area (Å²) in [6, 6.07) is 3.55. The quantitative estimate of drug-likeness (QED) is 0.523. The summed E-state index contributed by atoms with van der Waals surface area (Å²) >= 11 is 0. The third kappa shape index (κ3) is 2.17. The first-order chi connectivity index (χ1) is 10.0. The van der Waals surface area contributed by atoms with Crippen molar-refractivity contribution in [2.24, 2.45) is 11.8 Å². The minimum Gasteiger partial charge on any atom is -0.494 e. The van der Waals surface area contributed by atoms with E-state index in [1.807, 2.05) is 0 Å². The maximum absolute atomic E-state index is 11.1. The van der Waals surface area contributed by atoms with Gasteiger partial charge in [0, 0.05) is 18.0 Å². The second-order valence-electron chi connectivity index (χ2n) is 6.14. The fourth-order valence-corrected chi connectivity index (χ4v) is 3.62. The molecule has 2 aliphatic rings. The topological polar surface area (TPSA) is 64.4 Å². The van der Waals surface area contributed by atoms with Crippen LogP contribution in [0.25, 0.3) is 0 Å². The molecule has 5 nitrogen and oxygen atoms in total. The number of rotatable bonds is 3. The molecule has 0 saturated heterocycles. The van der Waals surface area contributed by atoms with Gasteiger partial charge in [0.1, 0.15) is 5.75 Å². The minimum absolute atomic E-state index is 0.0921. The molecule has 0 radical (unpaired) electrons. The smallest absolute Gasteiger partial charge is 0.273 e. The van der Waals surface area contributed by atoms with Crippen LogP contribution in [0, 0.1) is 22.0 Å². The van der Waals surface area contributed by atoms with Gasteiger partial charge in [-0.2, -0.15) is 0 Å². The predicted molar refractivity (Wildman–Crippen MR) is 81.9 cm³/mol. The number of ether oxygens (including phenoxy) is 1. The molecule has 0 saturated carbocycles. The van der Waals surface area contributed by atoms with E-state index in [1.54, 1.807) is 13.2 Å². The SMILES string of the molecule is COc1cc([N+](=O)[O-])cc2c1N[C@H](C(C)C)[C@@H]1CC=C[C@@H]21. The van der Waals surface area contributed by atoms with E-state index in [4.69, 9.17) is 4.74 Å². The fourth-order valence-electron chi connectivity index (χ4n) is 3.62. The van der Waals surface area contributed by atoms with Crippen molar-refractivity contribution in [3.8, 4) is 5.75 Å². The number of non-ortho nitro benzene ring substituents is 1. The third-order valence-corrected chi connectivity index (χ3v) is 4.61. The highest BCUT2D eigenvalue weighted by Gasteiger charge is 2.40. The van der Waals surface area contributed by atoms with Gasteiger partial charge in [-0.3, -0.25) is 10.1 Å². The molecule has 3 rings (SSSR count). The first-order valence-electron chi connectivity index (χ1n) is 7.32. The number of nitrogens with one attached hydrogen (secondary N) is 1. The first kappa shape index (κ1) is 13.9. The number of hydrogen-bond acceptors (Lipinski definition) is 4. The number of nitro groups is 1. The lowest BCUT2D eigenvalue weighted by Crippen LogP contribution is -2.39. The Labute approximate surface area is 124 Å². The van der Waals surface area contributed by atoms with E-state index in [0.29, 0.717) is 23.6 Å². The predicted octanol–water partition coefficient (Wildman–Crippen LogP) is 3.71. The van der Waals surface area contributed by atoms with Crippen LogP contribution in [0.15, 0.2) is 24.3 Å². The van der Waals surface area contributed by atoms with Gasteiger partial charge in [0.2, 0.25) is 0 Å². The number of allylic oxidation sites excluding steroid dienone is 2. The summed E-state index contributed by atoms with van der Waals surface area (Å²) in [5, 5.41) is 14.7. The van der Waals surface area contributed by atoms with Crippen molar-refractivity contribution in [3.05, 3.63) is 40.0 Å². The Kier molecular flexibility index (Phi) is 3.35. The molecule has 0 spiro atoms. The van der Waals surface area contributed by atoms with Crippen LogP contribution in [0.4, 0.5) is 11.4 Å². The summed E-state index contributed by atoms with van der Waals surface area (Å²) in [6.45, 7) is 4.41. The molecule has 0 unspecified atom stereocenters. The molecule has 1 aliphatic carbocycles. The van der Waals surface area contributed by atoms with E-state index in [-0.39, 0.29) is 16.5 Å². The molecule has 1 heterocycles. The average molecular weight is 288 g/mol. The normalized spacial score (nSPS) is 26.2. The maximum Gasteiger partial charge on any atom is 0.273 e. The van der Waals surface area contributed by atoms with Gasteiger partial charge < -0.3 is 10.1 Å². The fraction of sp³-hybridized carbons (Fsp3) is 0.500. The van der Waals surface area contributed by atoms with Crippen LogP contribution >= 0.6 is 0 Å². The number of nitrogens with zero attached hydrogens (tertiary/aromatic N) is 1. The number of anilines is 1. The molecular weight excluding hydrogens is 268 g/mol.